The van der Waals surface area contributed by atoms with Crippen molar-refractivity contribution in [2.75, 3.05) is 57.8 Å². The van der Waals surface area contributed by atoms with Gasteiger partial charge in [-0.25, -0.2) is 0 Å². The van der Waals surface area contributed by atoms with Crippen LogP contribution in [0, 0.1) is 0 Å². The van der Waals surface area contributed by atoms with Crippen molar-refractivity contribution in [3.8, 4) is 0 Å². The van der Waals surface area contributed by atoms with Gasteiger partial charge in [-0.3, -0.25) is 14.5 Å². The molecule has 0 aromatic rings. The van der Waals surface area contributed by atoms with Crippen molar-refractivity contribution in [2.24, 2.45) is 0 Å². The molecule has 1 atom stereocenters. The van der Waals surface area contributed by atoms with Gasteiger partial charge in [-0.05, 0) is 0 Å². The van der Waals surface area contributed by atoms with Crippen LogP contribution in [0.15, 0.2) is 0 Å². The average Bonchev–Trinajstić information content (AvgIpc) is 2.49. The molecule has 20 heavy (non-hydrogen) atoms. The fourth-order valence-electron chi connectivity index (χ4n) is 2.53. The topological polar surface area (TPSA) is 64.7 Å². The monoisotopic (exact) mass is 300 g/mol. The van der Waals surface area contributed by atoms with Crippen molar-refractivity contribution in [1.82, 2.24) is 20.4 Å². The van der Waals surface area contributed by atoms with Crippen LogP contribution in [0.2, 0.25) is 0 Å². The lowest BCUT2D eigenvalue weighted by Crippen LogP contribution is -2.52. The number of likely N-dealkylation sites (N-methyl/N-ethyl adjacent to an activating group) is 1. The zero-order valence-corrected chi connectivity index (χ0v) is 12.9. The van der Waals surface area contributed by atoms with Gasteiger partial charge in [0.05, 0.1) is 6.54 Å². The van der Waals surface area contributed by atoms with Crippen molar-refractivity contribution in [3.63, 3.8) is 0 Å². The van der Waals surface area contributed by atoms with Gasteiger partial charge in [-0.1, -0.05) is 0 Å². The number of rotatable bonds is 4. The summed E-state index contributed by atoms with van der Waals surface area (Å²) < 4.78 is 0. The molecule has 7 heteroatoms. The Labute approximate surface area is 124 Å². The van der Waals surface area contributed by atoms with Crippen molar-refractivity contribution in [3.05, 3.63) is 0 Å². The van der Waals surface area contributed by atoms with Crippen LogP contribution in [0.25, 0.3) is 0 Å². The third kappa shape index (κ3) is 4.64. The van der Waals surface area contributed by atoms with Gasteiger partial charge in [0.2, 0.25) is 11.8 Å². The first kappa shape index (κ1) is 15.6. The van der Waals surface area contributed by atoms with Crippen molar-refractivity contribution in [2.45, 2.75) is 12.5 Å². The number of nitrogens with zero attached hydrogens (tertiary/aromatic N) is 2. The average molecular weight is 300 g/mol. The molecule has 2 aliphatic rings. The minimum Gasteiger partial charge on any atom is -0.358 e. The van der Waals surface area contributed by atoms with Gasteiger partial charge < -0.3 is 15.5 Å². The lowest BCUT2D eigenvalue weighted by atomic mass is 10.2. The van der Waals surface area contributed by atoms with Crippen LogP contribution in [-0.4, -0.2) is 85.5 Å². The normalized spacial score (nSPS) is 24.4. The summed E-state index contributed by atoms with van der Waals surface area (Å²) in [5, 5.41) is 6.03. The number of piperazine rings is 1. The smallest absolute Gasteiger partial charge is 0.233 e. The Balaban J connectivity index is 1.69. The number of amides is 2. The standard InChI is InChI=1S/C13H24N4O2S/c1-14-12(18)9-16-3-5-17(6-4-16)13(19)8-11-10-20-7-2-15-11/h11,15H,2-10H2,1H3,(H,14,18). The number of carbonyl (C=O) groups is 2. The summed E-state index contributed by atoms with van der Waals surface area (Å²) in [6, 6.07) is 0.324. The molecule has 0 spiro atoms. The third-order valence-electron chi connectivity index (χ3n) is 3.79. The lowest BCUT2D eigenvalue weighted by Gasteiger charge is -2.35. The summed E-state index contributed by atoms with van der Waals surface area (Å²) in [7, 11) is 1.65. The van der Waals surface area contributed by atoms with E-state index >= 15 is 0 Å². The van der Waals surface area contributed by atoms with E-state index in [-0.39, 0.29) is 11.8 Å². The van der Waals surface area contributed by atoms with Gasteiger partial charge in [0, 0.05) is 63.7 Å². The molecule has 6 nitrogen and oxygen atoms in total. The molecule has 1 unspecified atom stereocenters. The lowest BCUT2D eigenvalue weighted by molar-refractivity contribution is -0.133. The second kappa shape index (κ2) is 7.85. The Kier molecular flexibility index (Phi) is 6.12. The Morgan fingerprint density at radius 1 is 1.30 bits per heavy atom. The van der Waals surface area contributed by atoms with E-state index in [2.05, 4.69) is 15.5 Å². The SMILES string of the molecule is CNC(=O)CN1CCN(C(=O)CC2CSCCN2)CC1. The predicted molar refractivity (Wildman–Crippen MR) is 80.8 cm³/mol. The Morgan fingerprint density at radius 2 is 2.05 bits per heavy atom. The van der Waals surface area contributed by atoms with E-state index in [0.29, 0.717) is 19.0 Å². The molecule has 0 aromatic heterocycles. The molecule has 0 radical (unpaired) electrons. The van der Waals surface area contributed by atoms with Crippen molar-refractivity contribution >= 4 is 23.6 Å². The van der Waals surface area contributed by atoms with E-state index < -0.39 is 0 Å². The van der Waals surface area contributed by atoms with Crippen LogP contribution in [0.5, 0.6) is 0 Å². The molecule has 0 saturated carbocycles. The van der Waals surface area contributed by atoms with Gasteiger partial charge in [0.1, 0.15) is 0 Å². The summed E-state index contributed by atoms with van der Waals surface area (Å²) in [5.41, 5.74) is 0. The second-order valence-electron chi connectivity index (χ2n) is 5.26. The summed E-state index contributed by atoms with van der Waals surface area (Å²) in [5.74, 6) is 2.45. The number of thioether (sulfide) groups is 1. The molecular weight excluding hydrogens is 276 g/mol. The molecule has 0 aromatic carbocycles. The van der Waals surface area contributed by atoms with Crippen LogP contribution in [0.3, 0.4) is 0 Å². The molecule has 2 saturated heterocycles. The molecule has 2 fully saturated rings. The molecule has 2 aliphatic heterocycles. The molecule has 2 N–H and O–H groups in total. The van der Waals surface area contributed by atoms with Crippen LogP contribution in [0.1, 0.15) is 6.42 Å². The molecule has 2 rings (SSSR count). The maximum atomic E-state index is 12.2. The van der Waals surface area contributed by atoms with Crippen LogP contribution in [0.4, 0.5) is 0 Å². The summed E-state index contributed by atoms with van der Waals surface area (Å²) in [4.78, 5) is 27.6. The fraction of sp³-hybridized carbons (Fsp3) is 0.846. The van der Waals surface area contributed by atoms with Gasteiger partial charge >= 0.3 is 0 Å². The Hall–Kier alpha value is -0.790. The first-order chi connectivity index (χ1) is 9.69. The van der Waals surface area contributed by atoms with Crippen LogP contribution >= 0.6 is 11.8 Å². The van der Waals surface area contributed by atoms with Gasteiger partial charge in [0.25, 0.3) is 0 Å². The van der Waals surface area contributed by atoms with Gasteiger partial charge in [0.15, 0.2) is 0 Å². The summed E-state index contributed by atoms with van der Waals surface area (Å²) >= 11 is 1.92. The van der Waals surface area contributed by atoms with Crippen molar-refractivity contribution < 1.29 is 9.59 Å². The highest BCUT2D eigenvalue weighted by Crippen LogP contribution is 2.12. The maximum Gasteiger partial charge on any atom is 0.233 e. The van der Waals surface area contributed by atoms with Gasteiger partial charge in [-0.15, -0.1) is 0 Å². The molecule has 2 heterocycles. The van der Waals surface area contributed by atoms with Crippen molar-refractivity contribution in [1.29, 1.82) is 0 Å². The first-order valence-corrected chi connectivity index (χ1v) is 8.36. The van der Waals surface area contributed by atoms with Crippen LogP contribution < -0.4 is 10.6 Å². The highest BCUT2D eigenvalue weighted by atomic mass is 32.2. The van der Waals surface area contributed by atoms with Gasteiger partial charge in [-0.2, -0.15) is 11.8 Å². The van der Waals surface area contributed by atoms with E-state index in [1.54, 1.807) is 7.05 Å². The van der Waals surface area contributed by atoms with Crippen LogP contribution in [-0.2, 0) is 9.59 Å². The fourth-order valence-corrected chi connectivity index (χ4v) is 3.48. The predicted octanol–water partition coefficient (Wildman–Crippen LogP) is -1.03. The molecule has 114 valence electrons. The maximum absolute atomic E-state index is 12.2. The van der Waals surface area contributed by atoms with E-state index in [0.717, 1.165) is 44.2 Å². The highest BCUT2D eigenvalue weighted by Gasteiger charge is 2.24. The molecule has 0 bridgehead atoms. The Morgan fingerprint density at radius 3 is 2.65 bits per heavy atom. The molecule has 2 amide bonds. The number of carbonyl (C=O) groups excluding carboxylic acids is 2. The molecular formula is C13H24N4O2S. The second-order valence-corrected chi connectivity index (χ2v) is 6.41. The third-order valence-corrected chi connectivity index (χ3v) is 4.92. The minimum absolute atomic E-state index is 0.0354. The summed E-state index contributed by atoms with van der Waals surface area (Å²) in [6.07, 6.45) is 0.600. The molecule has 0 aliphatic carbocycles. The number of nitrogens with one attached hydrogen (secondary N) is 2. The number of hydrogen-bond acceptors (Lipinski definition) is 5. The van der Waals surface area contributed by atoms with E-state index in [9.17, 15) is 9.59 Å². The first-order valence-electron chi connectivity index (χ1n) is 7.21. The largest absolute Gasteiger partial charge is 0.358 e. The van der Waals surface area contributed by atoms with E-state index in [1.807, 2.05) is 16.7 Å². The minimum atomic E-state index is 0.0354. The zero-order chi connectivity index (χ0) is 14.4. The highest BCUT2D eigenvalue weighted by molar-refractivity contribution is 7.99. The summed E-state index contributed by atoms with van der Waals surface area (Å²) in [6.45, 7) is 4.46. The number of hydrogen-bond donors (Lipinski definition) is 2. The Bertz CT molecular complexity index is 339. The van der Waals surface area contributed by atoms with E-state index in [4.69, 9.17) is 0 Å². The zero-order valence-electron chi connectivity index (χ0n) is 12.1. The quantitative estimate of drug-likeness (QED) is 0.695. The van der Waals surface area contributed by atoms with E-state index in [1.165, 1.54) is 0 Å².